The number of thioether (sulfide) groups is 1. The minimum absolute atomic E-state index is 0.186. The molecule has 0 bridgehead atoms. The Hall–Kier alpha value is -2.73. The van der Waals surface area contributed by atoms with Crippen LogP contribution in [0.5, 0.6) is 0 Å². The van der Waals surface area contributed by atoms with E-state index in [9.17, 15) is 4.79 Å². The van der Waals surface area contributed by atoms with Gasteiger partial charge in [0.25, 0.3) is 0 Å². The smallest absolute Gasteiger partial charge is 0.227 e. The number of hydrogen-bond donors (Lipinski definition) is 1. The molecule has 5 nitrogen and oxygen atoms in total. The van der Waals surface area contributed by atoms with Crippen LogP contribution in [0.1, 0.15) is 5.56 Å². The number of nitrogens with zero attached hydrogens (tertiary/aromatic N) is 3. The summed E-state index contributed by atoms with van der Waals surface area (Å²) in [7, 11) is 0. The van der Waals surface area contributed by atoms with Gasteiger partial charge >= 0.3 is 0 Å². The fourth-order valence-corrected chi connectivity index (χ4v) is 3.32. The van der Waals surface area contributed by atoms with E-state index in [1.807, 2.05) is 42.5 Å². The topological polar surface area (TPSA) is 67.8 Å². The molecule has 0 radical (unpaired) electrons. The van der Waals surface area contributed by atoms with Gasteiger partial charge in [-0.25, -0.2) is 9.97 Å². The van der Waals surface area contributed by atoms with Crippen LogP contribution in [0.15, 0.2) is 59.8 Å². The van der Waals surface area contributed by atoms with Gasteiger partial charge in [-0.15, -0.1) is 0 Å². The normalized spacial score (nSPS) is 13.0. The summed E-state index contributed by atoms with van der Waals surface area (Å²) < 4.78 is 0. The van der Waals surface area contributed by atoms with Gasteiger partial charge in [-0.1, -0.05) is 23.9 Å². The highest BCUT2D eigenvalue weighted by Crippen LogP contribution is 2.34. The Morgan fingerprint density at radius 1 is 1.00 bits per heavy atom. The van der Waals surface area contributed by atoms with E-state index in [2.05, 4.69) is 20.3 Å². The lowest BCUT2D eigenvalue weighted by molar-refractivity contribution is -0.110. The molecule has 1 aliphatic rings. The number of aromatic nitrogens is 3. The second kappa shape index (κ2) is 5.81. The SMILES string of the molecule is O=C1Cc2ccc(Nc3nccc(-c4ccccn4)n3)cc2S1. The third-order valence-electron chi connectivity index (χ3n) is 3.46. The molecule has 0 saturated heterocycles. The largest absolute Gasteiger partial charge is 0.324 e. The van der Waals surface area contributed by atoms with Crippen LogP contribution in [0, 0.1) is 0 Å². The fourth-order valence-electron chi connectivity index (χ4n) is 2.39. The predicted octanol–water partition coefficient (Wildman–Crippen LogP) is 3.46. The van der Waals surface area contributed by atoms with Crippen molar-refractivity contribution in [3.8, 4) is 11.4 Å². The van der Waals surface area contributed by atoms with Crippen molar-refractivity contribution in [3.05, 3.63) is 60.4 Å². The summed E-state index contributed by atoms with van der Waals surface area (Å²) in [5, 5.41) is 3.37. The minimum atomic E-state index is 0.186. The minimum Gasteiger partial charge on any atom is -0.324 e. The van der Waals surface area contributed by atoms with E-state index in [4.69, 9.17) is 0 Å². The quantitative estimate of drug-likeness (QED) is 0.797. The van der Waals surface area contributed by atoms with Gasteiger partial charge in [0.15, 0.2) is 5.12 Å². The van der Waals surface area contributed by atoms with Crippen LogP contribution in [0.25, 0.3) is 11.4 Å². The highest BCUT2D eigenvalue weighted by Gasteiger charge is 2.19. The Morgan fingerprint density at radius 2 is 1.96 bits per heavy atom. The Morgan fingerprint density at radius 3 is 2.83 bits per heavy atom. The van der Waals surface area contributed by atoms with E-state index in [0.717, 1.165) is 27.5 Å². The molecule has 0 aliphatic carbocycles. The molecule has 0 saturated carbocycles. The number of anilines is 2. The van der Waals surface area contributed by atoms with Crippen molar-refractivity contribution in [1.29, 1.82) is 0 Å². The van der Waals surface area contributed by atoms with Crippen molar-refractivity contribution in [2.75, 3.05) is 5.32 Å². The molecule has 4 rings (SSSR count). The average Bonchev–Trinajstić information content (AvgIpc) is 2.95. The Labute approximate surface area is 137 Å². The monoisotopic (exact) mass is 320 g/mol. The maximum atomic E-state index is 11.5. The van der Waals surface area contributed by atoms with E-state index in [-0.39, 0.29) is 5.12 Å². The first-order valence-electron chi connectivity index (χ1n) is 7.13. The molecule has 3 aromatic rings. The van der Waals surface area contributed by atoms with Gasteiger partial charge in [0.1, 0.15) is 0 Å². The van der Waals surface area contributed by atoms with Crippen LogP contribution in [0.2, 0.25) is 0 Å². The molecule has 0 atom stereocenters. The van der Waals surface area contributed by atoms with Crippen molar-refractivity contribution in [1.82, 2.24) is 15.0 Å². The highest BCUT2D eigenvalue weighted by atomic mass is 32.2. The lowest BCUT2D eigenvalue weighted by Gasteiger charge is -2.07. The molecule has 0 fully saturated rings. The zero-order valence-corrected chi connectivity index (χ0v) is 12.9. The van der Waals surface area contributed by atoms with Crippen LogP contribution in [0.4, 0.5) is 11.6 Å². The van der Waals surface area contributed by atoms with Crippen LogP contribution in [0.3, 0.4) is 0 Å². The molecule has 0 amide bonds. The number of nitrogens with one attached hydrogen (secondary N) is 1. The van der Waals surface area contributed by atoms with Gasteiger partial charge in [-0.3, -0.25) is 9.78 Å². The van der Waals surface area contributed by atoms with E-state index in [1.165, 1.54) is 11.8 Å². The van der Waals surface area contributed by atoms with E-state index >= 15 is 0 Å². The fraction of sp³-hybridized carbons (Fsp3) is 0.0588. The van der Waals surface area contributed by atoms with Crippen LogP contribution < -0.4 is 5.32 Å². The second-order valence-corrected chi connectivity index (χ2v) is 6.18. The summed E-state index contributed by atoms with van der Waals surface area (Å²) in [6.45, 7) is 0. The molecule has 112 valence electrons. The zero-order chi connectivity index (χ0) is 15.6. The van der Waals surface area contributed by atoms with Gasteiger partial charge in [0.05, 0.1) is 11.4 Å². The first-order chi connectivity index (χ1) is 11.3. The molecule has 1 aliphatic heterocycles. The molecule has 1 aromatic carbocycles. The van der Waals surface area contributed by atoms with Crippen LogP contribution in [-0.2, 0) is 11.2 Å². The predicted molar refractivity (Wildman–Crippen MR) is 89.6 cm³/mol. The van der Waals surface area contributed by atoms with Crippen LogP contribution in [-0.4, -0.2) is 20.1 Å². The molecular weight excluding hydrogens is 308 g/mol. The third-order valence-corrected chi connectivity index (χ3v) is 4.44. The van der Waals surface area contributed by atoms with Gasteiger partial charge in [-0.05, 0) is 35.9 Å². The molecule has 0 unspecified atom stereocenters. The maximum absolute atomic E-state index is 11.5. The first-order valence-corrected chi connectivity index (χ1v) is 7.95. The number of hydrogen-bond acceptors (Lipinski definition) is 6. The average molecular weight is 320 g/mol. The van der Waals surface area contributed by atoms with Crippen molar-refractivity contribution < 1.29 is 4.79 Å². The zero-order valence-electron chi connectivity index (χ0n) is 12.1. The molecule has 23 heavy (non-hydrogen) atoms. The van der Waals surface area contributed by atoms with E-state index in [1.54, 1.807) is 12.4 Å². The van der Waals surface area contributed by atoms with Crippen molar-refractivity contribution in [3.63, 3.8) is 0 Å². The number of fused-ring (bicyclic) bond motifs is 1. The Bertz CT molecular complexity index is 883. The molecular formula is C17H12N4OS. The van der Waals surface area contributed by atoms with Crippen molar-refractivity contribution >= 4 is 28.5 Å². The lowest BCUT2D eigenvalue weighted by Crippen LogP contribution is -1.98. The summed E-state index contributed by atoms with van der Waals surface area (Å²) >= 11 is 1.29. The van der Waals surface area contributed by atoms with Crippen LogP contribution >= 0.6 is 11.8 Å². The van der Waals surface area contributed by atoms with Gasteiger partial charge in [-0.2, -0.15) is 0 Å². The van der Waals surface area contributed by atoms with Gasteiger partial charge in [0, 0.05) is 29.4 Å². The summed E-state index contributed by atoms with van der Waals surface area (Å²) in [6, 6.07) is 13.4. The third kappa shape index (κ3) is 2.93. The van der Waals surface area contributed by atoms with Crippen molar-refractivity contribution in [2.45, 2.75) is 11.3 Å². The van der Waals surface area contributed by atoms with E-state index < -0.39 is 0 Å². The number of carbonyl (C=O) groups excluding carboxylic acids is 1. The summed E-state index contributed by atoms with van der Waals surface area (Å²) in [5.74, 6) is 0.502. The van der Waals surface area contributed by atoms with Gasteiger partial charge < -0.3 is 5.32 Å². The lowest BCUT2D eigenvalue weighted by atomic mass is 10.1. The molecule has 2 aromatic heterocycles. The van der Waals surface area contributed by atoms with E-state index in [0.29, 0.717) is 12.4 Å². The van der Waals surface area contributed by atoms with Crippen molar-refractivity contribution in [2.24, 2.45) is 0 Å². The Kier molecular flexibility index (Phi) is 3.51. The number of rotatable bonds is 3. The summed E-state index contributed by atoms with van der Waals surface area (Å²) in [5.41, 5.74) is 3.50. The number of carbonyl (C=O) groups is 1. The summed E-state index contributed by atoms with van der Waals surface area (Å²) in [6.07, 6.45) is 3.94. The number of pyridine rings is 1. The van der Waals surface area contributed by atoms with Gasteiger partial charge in [0.2, 0.25) is 5.95 Å². The first kappa shape index (κ1) is 13.9. The molecule has 0 spiro atoms. The molecule has 3 heterocycles. The molecule has 1 N–H and O–H groups in total. The number of benzene rings is 1. The standard InChI is InChI=1S/C17H12N4OS/c22-16-9-11-4-5-12(10-15(11)23-16)20-17-19-8-6-14(21-17)13-3-1-2-7-18-13/h1-8,10H,9H2,(H,19,20,21). The Balaban J connectivity index is 1.60. The second-order valence-electron chi connectivity index (χ2n) is 5.08. The summed E-state index contributed by atoms with van der Waals surface area (Å²) in [4.78, 5) is 25.5. The maximum Gasteiger partial charge on any atom is 0.227 e. The highest BCUT2D eigenvalue weighted by molar-refractivity contribution is 8.14. The molecule has 6 heteroatoms.